The lowest BCUT2D eigenvalue weighted by atomic mass is 10.0. The van der Waals surface area contributed by atoms with Crippen LogP contribution in [0.1, 0.15) is 15.9 Å². The zero-order chi connectivity index (χ0) is 15.0. The van der Waals surface area contributed by atoms with Crippen molar-refractivity contribution in [1.29, 1.82) is 0 Å². The molecule has 2 aromatic rings. The summed E-state index contributed by atoms with van der Waals surface area (Å²) in [4.78, 5) is 12.6. The molecule has 0 bridgehead atoms. The Morgan fingerprint density at radius 1 is 1.10 bits per heavy atom. The number of hydrogen-bond donors (Lipinski definition) is 1. The molecule has 2 N–H and O–H groups in total. The molecule has 1 aliphatic rings. The van der Waals surface area contributed by atoms with Crippen LogP contribution in [0.5, 0.6) is 11.5 Å². The van der Waals surface area contributed by atoms with Gasteiger partial charge in [0.15, 0.2) is 17.3 Å². The van der Waals surface area contributed by atoms with Crippen molar-refractivity contribution in [3.8, 4) is 11.5 Å². The number of fused-ring (bicyclic) bond motifs is 1. The number of nitrogen functional groups attached to an aromatic ring is 1. The SMILES string of the molecule is Nc1ccc(C(=O)c2cc3c(cc2Br)OCCO3)c(Cl)c1. The predicted molar refractivity (Wildman–Crippen MR) is 84.4 cm³/mol. The molecule has 0 atom stereocenters. The van der Waals surface area contributed by atoms with E-state index in [0.29, 0.717) is 51.0 Å². The van der Waals surface area contributed by atoms with E-state index in [0.717, 1.165) is 0 Å². The van der Waals surface area contributed by atoms with Crippen molar-refractivity contribution in [2.45, 2.75) is 0 Å². The summed E-state index contributed by atoms with van der Waals surface area (Å²) in [5, 5.41) is 0.321. The first kappa shape index (κ1) is 14.2. The number of nitrogens with two attached hydrogens (primary N) is 1. The van der Waals surface area contributed by atoms with Crippen LogP contribution in [0.4, 0.5) is 5.69 Å². The second-order valence-electron chi connectivity index (χ2n) is 4.54. The lowest BCUT2D eigenvalue weighted by molar-refractivity contribution is 0.103. The Morgan fingerprint density at radius 3 is 2.43 bits per heavy atom. The topological polar surface area (TPSA) is 61.6 Å². The summed E-state index contributed by atoms with van der Waals surface area (Å²) in [5.41, 5.74) is 7.01. The summed E-state index contributed by atoms with van der Waals surface area (Å²) in [7, 11) is 0. The normalized spacial score (nSPS) is 13.0. The van der Waals surface area contributed by atoms with Crippen LogP contribution in [0, 0.1) is 0 Å². The first-order valence-corrected chi connectivity index (χ1v) is 7.42. The average Bonchev–Trinajstić information content (AvgIpc) is 2.46. The fourth-order valence-electron chi connectivity index (χ4n) is 2.10. The first-order valence-electron chi connectivity index (χ1n) is 6.25. The van der Waals surface area contributed by atoms with E-state index in [-0.39, 0.29) is 5.78 Å². The lowest BCUT2D eigenvalue weighted by Crippen LogP contribution is -2.16. The fourth-order valence-corrected chi connectivity index (χ4v) is 2.88. The maximum Gasteiger partial charge on any atom is 0.195 e. The largest absolute Gasteiger partial charge is 0.486 e. The molecule has 0 saturated heterocycles. The van der Waals surface area contributed by atoms with Gasteiger partial charge in [0.25, 0.3) is 0 Å². The van der Waals surface area contributed by atoms with Crippen molar-refractivity contribution in [1.82, 2.24) is 0 Å². The van der Waals surface area contributed by atoms with Gasteiger partial charge in [-0.3, -0.25) is 4.79 Å². The molecule has 0 unspecified atom stereocenters. The van der Waals surface area contributed by atoms with Gasteiger partial charge in [-0.2, -0.15) is 0 Å². The highest BCUT2D eigenvalue weighted by molar-refractivity contribution is 9.10. The van der Waals surface area contributed by atoms with E-state index in [1.807, 2.05) is 0 Å². The Bertz CT molecular complexity index is 733. The van der Waals surface area contributed by atoms with E-state index in [1.165, 1.54) is 0 Å². The Hall–Kier alpha value is -1.72. The molecule has 3 rings (SSSR count). The van der Waals surface area contributed by atoms with E-state index in [9.17, 15) is 4.79 Å². The Kier molecular flexibility index (Phi) is 3.78. The van der Waals surface area contributed by atoms with Gasteiger partial charge in [-0.15, -0.1) is 0 Å². The number of carbonyl (C=O) groups is 1. The summed E-state index contributed by atoms with van der Waals surface area (Å²) in [6.45, 7) is 0.960. The van der Waals surface area contributed by atoms with Gasteiger partial charge in [0, 0.05) is 21.3 Å². The molecule has 0 spiro atoms. The third kappa shape index (κ3) is 2.71. The molecule has 0 radical (unpaired) electrons. The monoisotopic (exact) mass is 367 g/mol. The van der Waals surface area contributed by atoms with Crippen LogP contribution in [-0.4, -0.2) is 19.0 Å². The molecule has 6 heteroatoms. The van der Waals surface area contributed by atoms with Crippen LogP contribution in [-0.2, 0) is 0 Å². The van der Waals surface area contributed by atoms with E-state index >= 15 is 0 Å². The molecule has 0 amide bonds. The minimum absolute atomic E-state index is 0.205. The quantitative estimate of drug-likeness (QED) is 0.649. The van der Waals surface area contributed by atoms with Gasteiger partial charge in [-0.25, -0.2) is 0 Å². The first-order chi connectivity index (χ1) is 10.1. The van der Waals surface area contributed by atoms with Gasteiger partial charge in [0.05, 0.1) is 5.02 Å². The number of hydrogen-bond acceptors (Lipinski definition) is 4. The molecular weight excluding hydrogens is 358 g/mol. The Morgan fingerprint density at radius 2 is 1.76 bits per heavy atom. The molecular formula is C15H11BrClNO3. The minimum Gasteiger partial charge on any atom is -0.486 e. The van der Waals surface area contributed by atoms with Gasteiger partial charge in [-0.05, 0) is 46.3 Å². The standard InChI is InChI=1S/C15H11BrClNO3/c16-11-7-14-13(20-3-4-21-14)6-10(11)15(19)9-2-1-8(18)5-12(9)17/h1-2,5-7H,3-4,18H2. The van der Waals surface area contributed by atoms with Crippen molar-refractivity contribution in [2.75, 3.05) is 18.9 Å². The number of benzene rings is 2. The molecule has 0 fully saturated rings. The minimum atomic E-state index is -0.205. The molecule has 1 aliphatic heterocycles. The number of carbonyl (C=O) groups excluding carboxylic acids is 1. The summed E-state index contributed by atoms with van der Waals surface area (Å²) in [6, 6.07) is 8.20. The second-order valence-corrected chi connectivity index (χ2v) is 5.81. The zero-order valence-electron chi connectivity index (χ0n) is 10.9. The predicted octanol–water partition coefficient (Wildman–Crippen LogP) is 3.69. The van der Waals surface area contributed by atoms with Crippen LogP contribution < -0.4 is 15.2 Å². The number of ether oxygens (including phenoxy) is 2. The van der Waals surface area contributed by atoms with Crippen molar-refractivity contribution in [3.63, 3.8) is 0 Å². The molecule has 2 aromatic carbocycles. The molecule has 108 valence electrons. The molecule has 0 saturated carbocycles. The van der Waals surface area contributed by atoms with Crippen LogP contribution in [0.2, 0.25) is 5.02 Å². The van der Waals surface area contributed by atoms with E-state index < -0.39 is 0 Å². The van der Waals surface area contributed by atoms with Gasteiger partial charge in [0.2, 0.25) is 0 Å². The maximum absolute atomic E-state index is 12.6. The molecule has 0 aromatic heterocycles. The lowest BCUT2D eigenvalue weighted by Gasteiger charge is -2.19. The Balaban J connectivity index is 2.05. The average molecular weight is 369 g/mol. The van der Waals surface area contributed by atoms with Crippen molar-refractivity contribution >= 4 is 39.0 Å². The van der Waals surface area contributed by atoms with E-state index in [1.54, 1.807) is 30.3 Å². The summed E-state index contributed by atoms with van der Waals surface area (Å²) in [6.07, 6.45) is 0. The van der Waals surface area contributed by atoms with E-state index in [4.69, 9.17) is 26.8 Å². The third-order valence-electron chi connectivity index (χ3n) is 3.11. The highest BCUT2D eigenvalue weighted by atomic mass is 79.9. The highest BCUT2D eigenvalue weighted by Gasteiger charge is 2.21. The van der Waals surface area contributed by atoms with Gasteiger partial charge in [-0.1, -0.05) is 11.6 Å². The Labute approximate surface area is 134 Å². The van der Waals surface area contributed by atoms with Gasteiger partial charge < -0.3 is 15.2 Å². The number of rotatable bonds is 2. The molecule has 4 nitrogen and oxygen atoms in total. The van der Waals surface area contributed by atoms with Gasteiger partial charge >= 0.3 is 0 Å². The smallest absolute Gasteiger partial charge is 0.195 e. The summed E-state index contributed by atoms with van der Waals surface area (Å²) >= 11 is 9.49. The van der Waals surface area contributed by atoms with Gasteiger partial charge in [0.1, 0.15) is 13.2 Å². The maximum atomic E-state index is 12.6. The summed E-state index contributed by atoms with van der Waals surface area (Å²) in [5.74, 6) is 0.969. The number of ketones is 1. The number of halogens is 2. The van der Waals surface area contributed by atoms with Crippen molar-refractivity contribution in [3.05, 3.63) is 51.0 Å². The van der Waals surface area contributed by atoms with Crippen molar-refractivity contribution < 1.29 is 14.3 Å². The number of anilines is 1. The zero-order valence-corrected chi connectivity index (χ0v) is 13.2. The van der Waals surface area contributed by atoms with E-state index in [2.05, 4.69) is 15.9 Å². The second kappa shape index (κ2) is 5.58. The fraction of sp³-hybridized carbons (Fsp3) is 0.133. The van der Waals surface area contributed by atoms with Crippen LogP contribution in [0.25, 0.3) is 0 Å². The van der Waals surface area contributed by atoms with Crippen LogP contribution in [0.15, 0.2) is 34.8 Å². The van der Waals surface area contributed by atoms with Crippen molar-refractivity contribution in [2.24, 2.45) is 0 Å². The summed E-state index contributed by atoms with van der Waals surface area (Å²) < 4.78 is 11.6. The van der Waals surface area contributed by atoms with Crippen LogP contribution in [0.3, 0.4) is 0 Å². The molecule has 21 heavy (non-hydrogen) atoms. The molecule has 0 aliphatic carbocycles. The highest BCUT2D eigenvalue weighted by Crippen LogP contribution is 2.37. The molecule has 1 heterocycles. The third-order valence-corrected chi connectivity index (χ3v) is 4.08. The van der Waals surface area contributed by atoms with Crippen LogP contribution >= 0.6 is 27.5 Å².